The number of rotatable bonds is 7. The molecule has 3 nitrogen and oxygen atoms in total. The highest BCUT2D eigenvalue weighted by Gasteiger charge is 2.10. The number of aromatic nitrogens is 2. The fourth-order valence-electron chi connectivity index (χ4n) is 2.87. The van der Waals surface area contributed by atoms with Gasteiger partial charge in [0.25, 0.3) is 0 Å². The highest BCUT2D eigenvalue weighted by atomic mass is 19.1. The first-order valence-corrected chi connectivity index (χ1v) is 8.16. The van der Waals surface area contributed by atoms with Crippen molar-refractivity contribution < 1.29 is 4.39 Å². The van der Waals surface area contributed by atoms with Crippen LogP contribution in [0.1, 0.15) is 30.7 Å². The van der Waals surface area contributed by atoms with Gasteiger partial charge in [-0.3, -0.25) is 0 Å². The molecule has 23 heavy (non-hydrogen) atoms. The molecule has 2 aromatic carbocycles. The van der Waals surface area contributed by atoms with E-state index in [-0.39, 0.29) is 5.82 Å². The van der Waals surface area contributed by atoms with Gasteiger partial charge >= 0.3 is 0 Å². The van der Waals surface area contributed by atoms with Crippen LogP contribution in [0.25, 0.3) is 11.0 Å². The zero-order chi connectivity index (χ0) is 16.1. The Morgan fingerprint density at radius 1 is 0.957 bits per heavy atom. The molecule has 0 aliphatic rings. The second-order valence-corrected chi connectivity index (χ2v) is 5.83. The summed E-state index contributed by atoms with van der Waals surface area (Å²) in [5.41, 5.74) is 8.79. The minimum Gasteiger partial charge on any atom is -0.330 e. The number of imidazole rings is 1. The maximum absolute atomic E-state index is 13.1. The SMILES string of the molecule is NCCCCCc1nc2ccccc2n1Cc1ccc(F)cc1. The third-order valence-corrected chi connectivity index (χ3v) is 4.09. The average Bonchev–Trinajstić information content (AvgIpc) is 2.92. The van der Waals surface area contributed by atoms with E-state index in [9.17, 15) is 4.39 Å². The Kier molecular flexibility index (Phi) is 5.03. The smallest absolute Gasteiger partial charge is 0.123 e. The predicted octanol–water partition coefficient (Wildman–Crippen LogP) is 3.90. The molecule has 3 rings (SSSR count). The molecule has 0 atom stereocenters. The van der Waals surface area contributed by atoms with E-state index in [2.05, 4.69) is 10.6 Å². The van der Waals surface area contributed by atoms with E-state index in [4.69, 9.17) is 10.7 Å². The Hall–Kier alpha value is -2.20. The molecule has 0 aliphatic heterocycles. The molecule has 0 fully saturated rings. The van der Waals surface area contributed by atoms with Crippen LogP contribution < -0.4 is 5.73 Å². The number of halogens is 1. The zero-order valence-electron chi connectivity index (χ0n) is 13.2. The van der Waals surface area contributed by atoms with E-state index in [1.54, 1.807) is 0 Å². The predicted molar refractivity (Wildman–Crippen MR) is 91.8 cm³/mol. The third-order valence-electron chi connectivity index (χ3n) is 4.09. The third kappa shape index (κ3) is 3.77. The second-order valence-electron chi connectivity index (χ2n) is 5.83. The minimum atomic E-state index is -0.203. The fraction of sp³-hybridized carbons (Fsp3) is 0.316. The standard InChI is InChI=1S/C19H22FN3/c20-16-11-9-15(10-12-16)14-23-18-7-4-3-6-17(18)22-19(23)8-2-1-5-13-21/h3-4,6-7,9-12H,1-2,5,8,13-14,21H2. The zero-order valence-corrected chi connectivity index (χ0v) is 13.2. The molecule has 120 valence electrons. The van der Waals surface area contributed by atoms with Crippen LogP contribution in [0, 0.1) is 5.82 Å². The van der Waals surface area contributed by atoms with Gasteiger partial charge < -0.3 is 10.3 Å². The number of benzene rings is 2. The van der Waals surface area contributed by atoms with E-state index in [0.717, 1.165) is 54.6 Å². The summed E-state index contributed by atoms with van der Waals surface area (Å²) in [7, 11) is 0. The summed E-state index contributed by atoms with van der Waals surface area (Å²) in [5.74, 6) is 0.888. The molecule has 0 aliphatic carbocycles. The van der Waals surface area contributed by atoms with Crippen LogP contribution in [0.4, 0.5) is 4.39 Å². The van der Waals surface area contributed by atoms with Crippen molar-refractivity contribution in [3.63, 3.8) is 0 Å². The van der Waals surface area contributed by atoms with Gasteiger partial charge in [-0.25, -0.2) is 9.37 Å². The van der Waals surface area contributed by atoms with Crippen molar-refractivity contribution in [2.75, 3.05) is 6.54 Å². The number of aryl methyl sites for hydroxylation is 1. The summed E-state index contributed by atoms with van der Waals surface area (Å²) in [6.07, 6.45) is 4.20. The number of nitrogens with two attached hydrogens (primary N) is 1. The maximum atomic E-state index is 13.1. The Balaban J connectivity index is 1.87. The molecule has 0 saturated carbocycles. The van der Waals surface area contributed by atoms with Crippen molar-refractivity contribution >= 4 is 11.0 Å². The summed E-state index contributed by atoms with van der Waals surface area (Å²) < 4.78 is 15.3. The van der Waals surface area contributed by atoms with Crippen LogP contribution in [0.2, 0.25) is 0 Å². The number of nitrogens with zero attached hydrogens (tertiary/aromatic N) is 2. The van der Waals surface area contributed by atoms with Gasteiger partial charge in [0.1, 0.15) is 11.6 Å². The van der Waals surface area contributed by atoms with Gasteiger partial charge in [0.15, 0.2) is 0 Å². The van der Waals surface area contributed by atoms with Gasteiger partial charge in [-0.15, -0.1) is 0 Å². The second kappa shape index (κ2) is 7.38. The monoisotopic (exact) mass is 311 g/mol. The van der Waals surface area contributed by atoms with Gasteiger partial charge in [-0.2, -0.15) is 0 Å². The van der Waals surface area contributed by atoms with Crippen molar-refractivity contribution in [1.82, 2.24) is 9.55 Å². The minimum absolute atomic E-state index is 0.203. The summed E-state index contributed by atoms with van der Waals surface area (Å²) >= 11 is 0. The largest absolute Gasteiger partial charge is 0.330 e. The number of unbranched alkanes of at least 4 members (excludes halogenated alkanes) is 2. The van der Waals surface area contributed by atoms with Gasteiger partial charge in [0.05, 0.1) is 11.0 Å². The molecule has 3 aromatic rings. The summed E-state index contributed by atoms with van der Waals surface area (Å²) in [4.78, 5) is 4.78. The van der Waals surface area contributed by atoms with E-state index in [0.29, 0.717) is 6.54 Å². The molecular weight excluding hydrogens is 289 g/mol. The molecule has 0 amide bonds. The van der Waals surface area contributed by atoms with E-state index >= 15 is 0 Å². The molecular formula is C19H22FN3. The van der Waals surface area contributed by atoms with Gasteiger partial charge in [-0.1, -0.05) is 30.7 Å². The van der Waals surface area contributed by atoms with Crippen LogP contribution in [0.3, 0.4) is 0 Å². The number of hydrogen-bond acceptors (Lipinski definition) is 2. The van der Waals surface area contributed by atoms with Gasteiger partial charge in [0, 0.05) is 13.0 Å². The van der Waals surface area contributed by atoms with Gasteiger partial charge in [0.2, 0.25) is 0 Å². The van der Waals surface area contributed by atoms with Crippen LogP contribution in [0.15, 0.2) is 48.5 Å². The van der Waals surface area contributed by atoms with Crippen LogP contribution in [-0.4, -0.2) is 16.1 Å². The number of para-hydroxylation sites is 2. The molecule has 1 heterocycles. The Morgan fingerprint density at radius 3 is 2.52 bits per heavy atom. The molecule has 1 aromatic heterocycles. The molecule has 0 spiro atoms. The van der Waals surface area contributed by atoms with Crippen LogP contribution in [0.5, 0.6) is 0 Å². The first-order chi connectivity index (χ1) is 11.3. The fourth-order valence-corrected chi connectivity index (χ4v) is 2.87. The van der Waals surface area contributed by atoms with Crippen molar-refractivity contribution in [2.24, 2.45) is 5.73 Å². The summed E-state index contributed by atoms with van der Waals surface area (Å²) in [5, 5.41) is 0. The molecule has 0 saturated heterocycles. The molecule has 4 heteroatoms. The lowest BCUT2D eigenvalue weighted by atomic mass is 10.1. The highest BCUT2D eigenvalue weighted by molar-refractivity contribution is 5.76. The van der Waals surface area contributed by atoms with E-state index in [1.807, 2.05) is 30.3 Å². The summed E-state index contributed by atoms with van der Waals surface area (Å²) in [6, 6.07) is 14.9. The Labute approximate surface area is 136 Å². The van der Waals surface area contributed by atoms with Gasteiger partial charge in [-0.05, 0) is 49.2 Å². The molecule has 0 unspecified atom stereocenters. The quantitative estimate of drug-likeness (QED) is 0.673. The Morgan fingerprint density at radius 2 is 1.74 bits per heavy atom. The molecule has 0 bridgehead atoms. The summed E-state index contributed by atoms with van der Waals surface area (Å²) in [6.45, 7) is 1.46. The van der Waals surface area contributed by atoms with Crippen molar-refractivity contribution in [3.05, 3.63) is 65.7 Å². The highest BCUT2D eigenvalue weighted by Crippen LogP contribution is 2.19. The first-order valence-electron chi connectivity index (χ1n) is 8.16. The normalized spacial score (nSPS) is 11.2. The lowest BCUT2D eigenvalue weighted by Gasteiger charge is -2.09. The van der Waals surface area contributed by atoms with E-state index in [1.165, 1.54) is 12.1 Å². The Bertz CT molecular complexity index is 762. The number of hydrogen-bond donors (Lipinski definition) is 1. The molecule has 2 N–H and O–H groups in total. The van der Waals surface area contributed by atoms with Crippen molar-refractivity contribution in [2.45, 2.75) is 32.2 Å². The number of fused-ring (bicyclic) bond motifs is 1. The first kappa shape index (κ1) is 15.7. The van der Waals surface area contributed by atoms with Crippen LogP contribution >= 0.6 is 0 Å². The topological polar surface area (TPSA) is 43.8 Å². The van der Waals surface area contributed by atoms with Crippen molar-refractivity contribution in [3.8, 4) is 0 Å². The van der Waals surface area contributed by atoms with Crippen molar-refractivity contribution in [1.29, 1.82) is 0 Å². The van der Waals surface area contributed by atoms with Crippen LogP contribution in [-0.2, 0) is 13.0 Å². The lowest BCUT2D eigenvalue weighted by molar-refractivity contribution is 0.624. The lowest BCUT2D eigenvalue weighted by Crippen LogP contribution is -2.06. The average molecular weight is 311 g/mol. The maximum Gasteiger partial charge on any atom is 0.123 e. The molecule has 0 radical (unpaired) electrons. The van der Waals surface area contributed by atoms with E-state index < -0.39 is 0 Å².